The lowest BCUT2D eigenvalue weighted by atomic mass is 10.0. The molecule has 2 aliphatic rings. The molecule has 4 N–H and O–H groups in total. The molecule has 1 aliphatic carbocycles. The van der Waals surface area contributed by atoms with E-state index in [2.05, 4.69) is 17.5 Å². The molecule has 0 aromatic rings. The van der Waals surface area contributed by atoms with E-state index in [9.17, 15) is 24.3 Å². The molecule has 2 fully saturated rings. The van der Waals surface area contributed by atoms with Gasteiger partial charge in [-0.05, 0) is 59.3 Å². The van der Waals surface area contributed by atoms with Gasteiger partial charge in [0.15, 0.2) is 0 Å². The van der Waals surface area contributed by atoms with Gasteiger partial charge in [0.2, 0.25) is 11.8 Å². The van der Waals surface area contributed by atoms with Crippen LogP contribution in [0.25, 0.3) is 0 Å². The summed E-state index contributed by atoms with van der Waals surface area (Å²) in [6.07, 6.45) is 7.15. The molecule has 2 rings (SSSR count). The fourth-order valence-corrected chi connectivity index (χ4v) is 4.24. The van der Waals surface area contributed by atoms with Crippen molar-refractivity contribution in [3.63, 3.8) is 0 Å². The van der Waals surface area contributed by atoms with Gasteiger partial charge in [0, 0.05) is 13.0 Å². The molecule has 10 nitrogen and oxygen atoms in total. The molecule has 5 unspecified atom stereocenters. The number of nitrogens with zero attached hydrogens (tertiary/aromatic N) is 1. The molecule has 198 valence electrons. The first-order chi connectivity index (χ1) is 16.4. The second-order valence-corrected chi connectivity index (χ2v) is 10.3. The molecule has 0 aromatic carbocycles. The van der Waals surface area contributed by atoms with Crippen molar-refractivity contribution < 1.29 is 33.8 Å². The van der Waals surface area contributed by atoms with Crippen LogP contribution in [-0.4, -0.2) is 70.8 Å². The standard InChI is InChI=1S/C25H41N3O7/c1-5-34-23(32)18-13-16(18)11-9-7-6-8-10-12-19(27-24(33)35-25(2,3)4)22(31)28-15-17(29)14-20(28)21(26)30/h9,11,16-20,29H,5-8,10,12-15H2,1-4H3,(H2,26,30)(H,27,33). The van der Waals surface area contributed by atoms with Crippen LogP contribution in [0.3, 0.4) is 0 Å². The number of amides is 3. The van der Waals surface area contributed by atoms with Crippen LogP contribution in [0.15, 0.2) is 12.2 Å². The molecule has 35 heavy (non-hydrogen) atoms. The van der Waals surface area contributed by atoms with E-state index in [1.54, 1.807) is 27.7 Å². The van der Waals surface area contributed by atoms with E-state index in [-0.39, 0.29) is 30.8 Å². The molecule has 0 radical (unpaired) electrons. The molecule has 5 atom stereocenters. The van der Waals surface area contributed by atoms with Crippen LogP contribution in [0.5, 0.6) is 0 Å². The first-order valence-electron chi connectivity index (χ1n) is 12.5. The van der Waals surface area contributed by atoms with E-state index in [0.29, 0.717) is 19.4 Å². The fourth-order valence-electron chi connectivity index (χ4n) is 4.24. The quantitative estimate of drug-likeness (QED) is 0.213. The largest absolute Gasteiger partial charge is 0.466 e. The minimum absolute atomic E-state index is 0.00229. The average molecular weight is 496 g/mol. The zero-order valence-corrected chi connectivity index (χ0v) is 21.3. The fraction of sp³-hybridized carbons (Fsp3) is 0.760. The third-order valence-corrected chi connectivity index (χ3v) is 6.06. The number of likely N-dealkylation sites (tertiary alicyclic amines) is 1. The number of ether oxygens (including phenoxy) is 2. The van der Waals surface area contributed by atoms with Crippen molar-refractivity contribution in [1.29, 1.82) is 0 Å². The third kappa shape index (κ3) is 9.51. The van der Waals surface area contributed by atoms with Gasteiger partial charge < -0.3 is 30.5 Å². The van der Waals surface area contributed by atoms with Crippen LogP contribution < -0.4 is 11.1 Å². The summed E-state index contributed by atoms with van der Waals surface area (Å²) in [6, 6.07) is -1.78. The van der Waals surface area contributed by atoms with Gasteiger partial charge in [-0.3, -0.25) is 14.4 Å². The van der Waals surface area contributed by atoms with Crippen LogP contribution in [0, 0.1) is 11.8 Å². The minimum atomic E-state index is -0.897. The van der Waals surface area contributed by atoms with Crippen LogP contribution in [0.1, 0.15) is 72.6 Å². The van der Waals surface area contributed by atoms with Crippen molar-refractivity contribution in [2.24, 2.45) is 17.6 Å². The SMILES string of the molecule is CCOC(=O)C1CC1C=CCCCCCC(NC(=O)OC(C)(C)C)C(=O)N1CC(O)CC1C(N)=O. The van der Waals surface area contributed by atoms with Crippen molar-refractivity contribution in [1.82, 2.24) is 10.2 Å². The predicted molar refractivity (Wildman–Crippen MR) is 129 cm³/mol. The Bertz CT molecular complexity index is 792. The lowest BCUT2D eigenvalue weighted by Gasteiger charge is -2.28. The Morgan fingerprint density at radius 1 is 1.17 bits per heavy atom. The lowest BCUT2D eigenvalue weighted by Crippen LogP contribution is -2.53. The Balaban J connectivity index is 1.84. The number of aliphatic hydroxyl groups excluding tert-OH is 1. The number of rotatable bonds is 12. The third-order valence-electron chi connectivity index (χ3n) is 6.06. The number of unbranched alkanes of at least 4 members (excludes halogenated alkanes) is 3. The summed E-state index contributed by atoms with van der Waals surface area (Å²) < 4.78 is 10.3. The van der Waals surface area contributed by atoms with Crippen molar-refractivity contribution in [3.05, 3.63) is 12.2 Å². The van der Waals surface area contributed by atoms with Gasteiger partial charge in [-0.2, -0.15) is 0 Å². The molecule has 1 saturated carbocycles. The number of aliphatic hydroxyl groups is 1. The number of allylic oxidation sites excluding steroid dienone is 2. The van der Waals surface area contributed by atoms with E-state index < -0.39 is 41.7 Å². The summed E-state index contributed by atoms with van der Waals surface area (Å²) in [5.74, 6) is -0.999. The van der Waals surface area contributed by atoms with Gasteiger partial charge in [0.05, 0.1) is 18.6 Å². The summed E-state index contributed by atoms with van der Waals surface area (Å²) in [5.41, 5.74) is 4.69. The molecule has 1 aliphatic heterocycles. The number of β-amino-alcohol motifs (C(OH)–C–C–N with tert-alkyl or cyclic N) is 1. The summed E-state index contributed by atoms with van der Waals surface area (Å²) in [4.78, 5) is 50.2. The number of carbonyl (C=O) groups is 4. The Kier molecular flexibility index (Phi) is 10.5. The molecule has 1 heterocycles. The van der Waals surface area contributed by atoms with Gasteiger partial charge in [-0.1, -0.05) is 25.0 Å². The van der Waals surface area contributed by atoms with E-state index in [1.165, 1.54) is 4.90 Å². The zero-order chi connectivity index (χ0) is 26.2. The molecule has 1 saturated heterocycles. The van der Waals surface area contributed by atoms with E-state index >= 15 is 0 Å². The smallest absolute Gasteiger partial charge is 0.408 e. The van der Waals surface area contributed by atoms with Crippen LogP contribution in [0.2, 0.25) is 0 Å². The summed E-state index contributed by atoms with van der Waals surface area (Å²) in [7, 11) is 0. The van der Waals surface area contributed by atoms with Gasteiger partial charge in [0.25, 0.3) is 0 Å². The first-order valence-corrected chi connectivity index (χ1v) is 12.5. The first kappa shape index (κ1) is 28.6. The van der Waals surface area contributed by atoms with Crippen molar-refractivity contribution in [2.75, 3.05) is 13.2 Å². The number of nitrogens with two attached hydrogens (primary N) is 1. The maximum atomic E-state index is 13.2. The predicted octanol–water partition coefficient (Wildman–Crippen LogP) is 2.03. The Morgan fingerprint density at radius 3 is 2.51 bits per heavy atom. The molecular formula is C25H41N3O7. The molecule has 0 bridgehead atoms. The molecule has 10 heteroatoms. The number of esters is 1. The monoisotopic (exact) mass is 495 g/mol. The van der Waals surface area contributed by atoms with Crippen molar-refractivity contribution in [2.45, 2.75) is 96.4 Å². The van der Waals surface area contributed by atoms with Crippen LogP contribution >= 0.6 is 0 Å². The Hall–Kier alpha value is -2.62. The van der Waals surface area contributed by atoms with Gasteiger partial charge in [0.1, 0.15) is 17.7 Å². The Morgan fingerprint density at radius 2 is 1.89 bits per heavy atom. The summed E-state index contributed by atoms with van der Waals surface area (Å²) in [5, 5.41) is 12.6. The Labute approximate surface area is 207 Å². The maximum Gasteiger partial charge on any atom is 0.408 e. The lowest BCUT2D eigenvalue weighted by molar-refractivity contribution is -0.144. The molecule has 0 aromatic heterocycles. The average Bonchev–Trinajstić information content (AvgIpc) is 3.42. The van der Waals surface area contributed by atoms with E-state index in [0.717, 1.165) is 25.7 Å². The van der Waals surface area contributed by atoms with Crippen molar-refractivity contribution >= 4 is 23.9 Å². The van der Waals surface area contributed by atoms with E-state index in [4.69, 9.17) is 15.2 Å². The van der Waals surface area contributed by atoms with Crippen LogP contribution in [-0.2, 0) is 23.9 Å². The van der Waals surface area contributed by atoms with Crippen LogP contribution in [0.4, 0.5) is 4.79 Å². The number of hydrogen-bond acceptors (Lipinski definition) is 7. The van der Waals surface area contributed by atoms with Gasteiger partial charge in [-0.15, -0.1) is 0 Å². The number of hydrogen-bond donors (Lipinski definition) is 3. The maximum absolute atomic E-state index is 13.2. The minimum Gasteiger partial charge on any atom is -0.466 e. The second-order valence-electron chi connectivity index (χ2n) is 10.3. The summed E-state index contributed by atoms with van der Waals surface area (Å²) in [6.45, 7) is 7.39. The molecular weight excluding hydrogens is 454 g/mol. The number of carbonyl (C=O) groups excluding carboxylic acids is 4. The highest BCUT2D eigenvalue weighted by atomic mass is 16.6. The normalized spacial score (nSPS) is 24.8. The molecule has 0 spiro atoms. The number of alkyl carbamates (subject to hydrolysis) is 1. The highest BCUT2D eigenvalue weighted by Gasteiger charge is 2.42. The number of nitrogens with one attached hydrogen (secondary N) is 1. The van der Waals surface area contributed by atoms with E-state index in [1.807, 2.05) is 0 Å². The topological polar surface area (TPSA) is 148 Å². The molecule has 3 amide bonds. The van der Waals surface area contributed by atoms with Crippen molar-refractivity contribution in [3.8, 4) is 0 Å². The second kappa shape index (κ2) is 12.9. The number of primary amides is 1. The van der Waals surface area contributed by atoms with Gasteiger partial charge >= 0.3 is 12.1 Å². The zero-order valence-electron chi connectivity index (χ0n) is 21.3. The highest BCUT2D eigenvalue weighted by Crippen LogP contribution is 2.40. The van der Waals surface area contributed by atoms with Gasteiger partial charge in [-0.25, -0.2) is 4.79 Å². The highest BCUT2D eigenvalue weighted by molar-refractivity contribution is 5.91. The summed E-state index contributed by atoms with van der Waals surface area (Å²) >= 11 is 0.